The van der Waals surface area contributed by atoms with Crippen molar-refractivity contribution < 1.29 is 27.5 Å². The van der Waals surface area contributed by atoms with Crippen molar-refractivity contribution in [3.05, 3.63) is 64.7 Å². The van der Waals surface area contributed by atoms with E-state index in [0.717, 1.165) is 17.8 Å². The quantitative estimate of drug-likeness (QED) is 0.554. The molecule has 3 aromatic rings. The van der Waals surface area contributed by atoms with Crippen LogP contribution in [0.3, 0.4) is 0 Å². The fourth-order valence-electron chi connectivity index (χ4n) is 2.69. The largest absolute Gasteiger partial charge is 0.460 e. The van der Waals surface area contributed by atoms with Crippen molar-refractivity contribution in [1.82, 2.24) is 15.6 Å². The van der Waals surface area contributed by atoms with Gasteiger partial charge in [-0.2, -0.15) is 13.2 Å². The van der Waals surface area contributed by atoms with Crippen LogP contribution in [0.4, 0.5) is 13.2 Å². The van der Waals surface area contributed by atoms with Gasteiger partial charge in [-0.25, -0.2) is 0 Å². The average molecular weight is 437 g/mol. The Labute approximate surface area is 174 Å². The van der Waals surface area contributed by atoms with Crippen LogP contribution in [0, 0.1) is 0 Å². The topological polar surface area (TPSA) is 80.3 Å². The molecule has 1 aromatic carbocycles. The van der Waals surface area contributed by atoms with Crippen molar-refractivity contribution in [3.63, 3.8) is 0 Å². The summed E-state index contributed by atoms with van der Waals surface area (Å²) in [5.41, 5.74) is 0.0736. The molecule has 0 saturated carbocycles. The van der Waals surface area contributed by atoms with Crippen LogP contribution in [0.5, 0.6) is 0 Å². The lowest BCUT2D eigenvalue weighted by atomic mass is 10.2. The van der Waals surface area contributed by atoms with Crippen molar-refractivity contribution in [2.24, 2.45) is 0 Å². The number of thiophene rings is 1. The number of fused-ring (bicyclic) bond motifs is 1. The van der Waals surface area contributed by atoms with Crippen LogP contribution >= 0.6 is 11.3 Å². The summed E-state index contributed by atoms with van der Waals surface area (Å²) in [5.74, 6) is -1.15. The van der Waals surface area contributed by atoms with Crippen molar-refractivity contribution in [1.29, 1.82) is 0 Å². The van der Waals surface area contributed by atoms with Gasteiger partial charge in [0.2, 0.25) is 0 Å². The smallest absolute Gasteiger partial charge is 0.417 e. The fraction of sp³-hybridized carbons (Fsp3) is 0.250. The van der Waals surface area contributed by atoms with Gasteiger partial charge < -0.3 is 15.4 Å². The molecule has 0 spiro atoms. The predicted molar refractivity (Wildman–Crippen MR) is 106 cm³/mol. The zero-order valence-electron chi connectivity index (χ0n) is 15.8. The summed E-state index contributed by atoms with van der Waals surface area (Å²) in [6.45, 7) is 0.00472. The molecule has 0 radical (unpaired) electrons. The molecule has 0 bridgehead atoms. The predicted octanol–water partition coefficient (Wildman–Crippen LogP) is 3.38. The van der Waals surface area contributed by atoms with E-state index in [9.17, 15) is 22.8 Å². The highest BCUT2D eigenvalue weighted by molar-refractivity contribution is 7.21. The number of halogens is 3. The minimum absolute atomic E-state index is 0.0710. The molecule has 0 aliphatic rings. The molecule has 2 N–H and O–H groups in total. The number of hydrogen-bond donors (Lipinski definition) is 2. The van der Waals surface area contributed by atoms with Crippen LogP contribution in [-0.4, -0.2) is 36.5 Å². The number of esters is 1. The van der Waals surface area contributed by atoms with Gasteiger partial charge in [0.05, 0.1) is 20.7 Å². The summed E-state index contributed by atoms with van der Waals surface area (Å²) in [5, 5.41) is 5.30. The number of aromatic nitrogens is 1. The lowest BCUT2D eigenvalue weighted by Crippen LogP contribution is -2.45. The normalized spacial score (nSPS) is 12.5. The Morgan fingerprint density at radius 3 is 2.60 bits per heavy atom. The van der Waals surface area contributed by atoms with Crippen LogP contribution in [0.1, 0.15) is 20.8 Å². The van der Waals surface area contributed by atoms with Gasteiger partial charge in [-0.1, -0.05) is 30.3 Å². The van der Waals surface area contributed by atoms with E-state index in [1.165, 1.54) is 6.07 Å². The van der Waals surface area contributed by atoms with Gasteiger partial charge in [0.25, 0.3) is 5.91 Å². The van der Waals surface area contributed by atoms with Crippen molar-refractivity contribution in [2.75, 3.05) is 13.6 Å². The number of nitrogens with zero attached hydrogens (tertiary/aromatic N) is 1. The Hall–Kier alpha value is -2.98. The second-order valence-corrected chi connectivity index (χ2v) is 7.38. The first-order valence-electron chi connectivity index (χ1n) is 8.91. The monoisotopic (exact) mass is 437 g/mol. The third-order valence-corrected chi connectivity index (χ3v) is 5.42. The van der Waals surface area contributed by atoms with Gasteiger partial charge in [0.1, 0.15) is 12.6 Å². The molecule has 0 saturated heterocycles. The van der Waals surface area contributed by atoms with Crippen LogP contribution in [0.2, 0.25) is 0 Å². The van der Waals surface area contributed by atoms with E-state index < -0.39 is 29.7 Å². The molecular formula is C20H18F3N3O3S. The number of alkyl halides is 3. The number of hydrogen-bond acceptors (Lipinski definition) is 6. The number of nitrogens with one attached hydrogen (secondary N) is 2. The Morgan fingerprint density at radius 1 is 1.20 bits per heavy atom. The van der Waals surface area contributed by atoms with Crippen molar-refractivity contribution >= 4 is 33.4 Å². The highest BCUT2D eigenvalue weighted by atomic mass is 32.1. The minimum Gasteiger partial charge on any atom is -0.460 e. The summed E-state index contributed by atoms with van der Waals surface area (Å²) < 4.78 is 44.5. The molecule has 0 aliphatic carbocycles. The highest BCUT2D eigenvalue weighted by Crippen LogP contribution is 2.37. The van der Waals surface area contributed by atoms with Crippen molar-refractivity contribution in [3.8, 4) is 0 Å². The zero-order chi connectivity index (χ0) is 21.7. The number of amides is 1. The first kappa shape index (κ1) is 21.7. The van der Waals surface area contributed by atoms with Crippen LogP contribution in [0.15, 0.2) is 48.7 Å². The molecule has 0 unspecified atom stereocenters. The number of pyridine rings is 1. The molecule has 2 aromatic heterocycles. The van der Waals surface area contributed by atoms with E-state index in [1.807, 2.05) is 30.3 Å². The molecular weight excluding hydrogens is 419 g/mol. The molecule has 2 heterocycles. The maximum Gasteiger partial charge on any atom is 0.417 e. The Balaban J connectivity index is 1.63. The standard InChI is InChI=1S/C20H18F3N3O3S/c1-24-15(19(28)29-11-12-5-3-2-4-6-12)10-26-18(27)16-9-14-17(30-16)13(7-8-25-14)20(21,22)23/h2-9,15,24H,10-11H2,1H3,(H,26,27)/t15-/m1/s1. The molecule has 0 fully saturated rings. The molecule has 30 heavy (non-hydrogen) atoms. The molecule has 1 amide bonds. The Kier molecular flexibility index (Phi) is 6.68. The van der Waals surface area contributed by atoms with E-state index in [4.69, 9.17) is 4.74 Å². The average Bonchev–Trinajstić information content (AvgIpc) is 3.17. The molecule has 158 valence electrons. The van der Waals surface area contributed by atoms with E-state index in [2.05, 4.69) is 15.6 Å². The van der Waals surface area contributed by atoms with E-state index in [1.54, 1.807) is 7.05 Å². The number of benzene rings is 1. The SMILES string of the molecule is CN[C@H](CNC(=O)c1cc2nccc(C(F)(F)F)c2s1)C(=O)OCc1ccccc1. The van der Waals surface area contributed by atoms with E-state index in [0.29, 0.717) is 11.3 Å². The lowest BCUT2D eigenvalue weighted by Gasteiger charge is -2.15. The van der Waals surface area contributed by atoms with Gasteiger partial charge in [0.15, 0.2) is 0 Å². The molecule has 10 heteroatoms. The first-order chi connectivity index (χ1) is 14.3. The van der Waals surface area contributed by atoms with Gasteiger partial charge >= 0.3 is 12.1 Å². The zero-order valence-corrected chi connectivity index (χ0v) is 16.6. The molecule has 6 nitrogen and oxygen atoms in total. The molecule has 1 atom stereocenters. The molecule has 0 aliphatic heterocycles. The van der Waals surface area contributed by atoms with Gasteiger partial charge in [-0.15, -0.1) is 11.3 Å². The lowest BCUT2D eigenvalue weighted by molar-refractivity contribution is -0.147. The maximum atomic E-state index is 13.1. The Morgan fingerprint density at radius 2 is 1.93 bits per heavy atom. The minimum atomic E-state index is -4.54. The van der Waals surface area contributed by atoms with Crippen LogP contribution in [-0.2, 0) is 22.3 Å². The van der Waals surface area contributed by atoms with Crippen molar-refractivity contribution in [2.45, 2.75) is 18.8 Å². The number of carbonyl (C=O) groups is 2. The Bertz CT molecular complexity index is 1040. The van der Waals surface area contributed by atoms with Gasteiger partial charge in [-0.3, -0.25) is 14.6 Å². The summed E-state index contributed by atoms with van der Waals surface area (Å²) in [6.07, 6.45) is -3.49. The fourth-order valence-corrected chi connectivity index (χ4v) is 3.75. The van der Waals surface area contributed by atoms with Crippen LogP contribution < -0.4 is 10.6 Å². The summed E-state index contributed by atoms with van der Waals surface area (Å²) >= 11 is 0.703. The van der Waals surface area contributed by atoms with Crippen LogP contribution in [0.25, 0.3) is 10.2 Å². The highest BCUT2D eigenvalue weighted by Gasteiger charge is 2.34. The number of likely N-dealkylation sites (N-methyl/N-ethyl adjacent to an activating group) is 1. The third-order valence-electron chi connectivity index (χ3n) is 4.26. The van der Waals surface area contributed by atoms with E-state index >= 15 is 0 Å². The molecule has 3 rings (SSSR count). The third kappa shape index (κ3) is 5.14. The second kappa shape index (κ2) is 9.23. The van der Waals surface area contributed by atoms with E-state index in [-0.39, 0.29) is 28.2 Å². The summed E-state index contributed by atoms with van der Waals surface area (Å²) in [7, 11) is 1.54. The number of carbonyl (C=O) groups excluding carboxylic acids is 2. The number of rotatable bonds is 7. The number of ether oxygens (including phenoxy) is 1. The summed E-state index contributed by atoms with van der Waals surface area (Å²) in [4.78, 5) is 28.6. The van der Waals surface area contributed by atoms with Gasteiger partial charge in [-0.05, 0) is 24.7 Å². The summed E-state index contributed by atoms with van der Waals surface area (Å²) in [6, 6.07) is 10.5. The second-order valence-electron chi connectivity index (χ2n) is 6.33. The first-order valence-corrected chi connectivity index (χ1v) is 9.73. The van der Waals surface area contributed by atoms with Gasteiger partial charge in [0, 0.05) is 12.7 Å². The maximum absolute atomic E-state index is 13.1.